The van der Waals surface area contributed by atoms with Gasteiger partial charge in [-0.05, 0) is 31.9 Å². The molecule has 2 aromatic carbocycles. The normalized spacial score (nSPS) is 14.2. The maximum atomic E-state index is 12.7. The molecule has 0 N–H and O–H groups in total. The van der Waals surface area contributed by atoms with Crippen LogP contribution in [0.2, 0.25) is 0 Å². The Morgan fingerprint density at radius 3 is 2.03 bits per heavy atom. The predicted molar refractivity (Wildman–Crippen MR) is 110 cm³/mol. The van der Waals surface area contributed by atoms with Crippen LogP contribution < -0.4 is 0 Å². The molecule has 0 unspecified atom stereocenters. The first-order valence-electron chi connectivity index (χ1n) is 9.55. The number of esters is 2. The molecule has 0 saturated heterocycles. The van der Waals surface area contributed by atoms with Gasteiger partial charge in [-0.3, -0.25) is 9.59 Å². The topological polar surface area (TPSA) is 76.4 Å². The second-order valence-corrected chi connectivity index (χ2v) is 7.98. The number of hydrogen-bond acceptors (Lipinski definition) is 5. The highest BCUT2D eigenvalue weighted by atomic mass is 16.6. The average molecular weight is 393 g/mol. The largest absolute Gasteiger partial charge is 0.464 e. The van der Waals surface area contributed by atoms with Crippen molar-refractivity contribution in [3.05, 3.63) is 71.8 Å². The summed E-state index contributed by atoms with van der Waals surface area (Å²) < 4.78 is 10.9. The van der Waals surface area contributed by atoms with E-state index in [9.17, 15) is 14.9 Å². The molecule has 0 fully saturated rings. The molecule has 2 aromatic rings. The summed E-state index contributed by atoms with van der Waals surface area (Å²) in [5.74, 6) is -1.46. The van der Waals surface area contributed by atoms with E-state index in [2.05, 4.69) is 6.07 Å². The van der Waals surface area contributed by atoms with Crippen molar-refractivity contribution in [3.63, 3.8) is 0 Å². The molecule has 0 saturated carbocycles. The fraction of sp³-hybridized carbons (Fsp3) is 0.375. The van der Waals surface area contributed by atoms with Gasteiger partial charge in [0, 0.05) is 12.8 Å². The van der Waals surface area contributed by atoms with Crippen LogP contribution in [0.3, 0.4) is 0 Å². The van der Waals surface area contributed by atoms with E-state index in [0.29, 0.717) is 5.56 Å². The van der Waals surface area contributed by atoms with Crippen molar-refractivity contribution in [1.82, 2.24) is 0 Å². The molecular formula is C24H27NO4. The number of rotatable bonds is 7. The molecule has 0 aliphatic rings. The van der Waals surface area contributed by atoms with Crippen LogP contribution >= 0.6 is 0 Å². The first-order valence-corrected chi connectivity index (χ1v) is 9.55. The number of nitriles is 1. The minimum absolute atomic E-state index is 0.0228. The zero-order valence-corrected chi connectivity index (χ0v) is 17.3. The lowest BCUT2D eigenvalue weighted by molar-refractivity contribution is -0.155. The van der Waals surface area contributed by atoms with E-state index in [0.717, 1.165) is 5.56 Å². The summed E-state index contributed by atoms with van der Waals surface area (Å²) in [5, 5.41) is 10.3. The number of benzene rings is 2. The summed E-state index contributed by atoms with van der Waals surface area (Å²) >= 11 is 0. The van der Waals surface area contributed by atoms with Crippen molar-refractivity contribution in [1.29, 1.82) is 5.26 Å². The summed E-state index contributed by atoms with van der Waals surface area (Å²) in [4.78, 5) is 24.3. The fourth-order valence-corrected chi connectivity index (χ4v) is 3.32. The van der Waals surface area contributed by atoms with Crippen LogP contribution in [0.4, 0.5) is 0 Å². The smallest absolute Gasteiger partial charge is 0.306 e. The molecule has 0 radical (unpaired) electrons. The Morgan fingerprint density at radius 1 is 1.00 bits per heavy atom. The molecule has 0 aliphatic heterocycles. The molecule has 152 valence electrons. The minimum Gasteiger partial charge on any atom is -0.464 e. The van der Waals surface area contributed by atoms with Gasteiger partial charge < -0.3 is 9.47 Å². The first-order chi connectivity index (χ1) is 13.7. The van der Waals surface area contributed by atoms with Crippen LogP contribution in [0.15, 0.2) is 60.7 Å². The maximum Gasteiger partial charge on any atom is 0.306 e. The van der Waals surface area contributed by atoms with Gasteiger partial charge in [0.25, 0.3) is 0 Å². The molecule has 5 nitrogen and oxygen atoms in total. The molecule has 0 aromatic heterocycles. The van der Waals surface area contributed by atoms with Crippen LogP contribution in [0, 0.1) is 11.3 Å². The Kier molecular flexibility index (Phi) is 7.17. The van der Waals surface area contributed by atoms with Gasteiger partial charge in [0.2, 0.25) is 0 Å². The number of nitrogens with zero attached hydrogens (tertiary/aromatic N) is 1. The lowest BCUT2D eigenvalue weighted by Gasteiger charge is -2.35. The van der Waals surface area contributed by atoms with E-state index >= 15 is 0 Å². The van der Waals surface area contributed by atoms with Gasteiger partial charge in [-0.15, -0.1) is 0 Å². The van der Waals surface area contributed by atoms with E-state index in [-0.39, 0.29) is 13.0 Å². The molecular weight excluding hydrogens is 366 g/mol. The Bertz CT molecular complexity index is 865. The minimum atomic E-state index is -1.24. The summed E-state index contributed by atoms with van der Waals surface area (Å²) in [7, 11) is 0. The highest BCUT2D eigenvalue weighted by molar-refractivity contribution is 5.72. The molecule has 0 aliphatic carbocycles. The molecule has 5 heteroatoms. The Morgan fingerprint density at radius 2 is 1.55 bits per heavy atom. The predicted octanol–water partition coefficient (Wildman–Crippen LogP) is 4.53. The number of carbonyl (C=O) groups excluding carboxylic acids is 2. The van der Waals surface area contributed by atoms with Gasteiger partial charge in [0.15, 0.2) is 0 Å². The van der Waals surface area contributed by atoms with E-state index in [1.165, 1.54) is 6.92 Å². The van der Waals surface area contributed by atoms with Crippen molar-refractivity contribution in [3.8, 4) is 6.07 Å². The van der Waals surface area contributed by atoms with Crippen molar-refractivity contribution in [2.45, 2.75) is 51.0 Å². The third kappa shape index (κ3) is 5.92. The summed E-state index contributed by atoms with van der Waals surface area (Å²) in [6.45, 7) is 6.55. The zero-order valence-electron chi connectivity index (χ0n) is 17.3. The van der Waals surface area contributed by atoms with Crippen molar-refractivity contribution < 1.29 is 19.1 Å². The van der Waals surface area contributed by atoms with Gasteiger partial charge >= 0.3 is 11.9 Å². The molecule has 0 bridgehead atoms. The van der Waals surface area contributed by atoms with Gasteiger partial charge in [-0.25, -0.2) is 0 Å². The molecule has 2 rings (SSSR count). The Hall–Kier alpha value is -3.13. The second-order valence-electron chi connectivity index (χ2n) is 7.98. The summed E-state index contributed by atoms with van der Waals surface area (Å²) in [5.41, 5.74) is -0.404. The van der Waals surface area contributed by atoms with Crippen molar-refractivity contribution in [2.24, 2.45) is 0 Å². The monoisotopic (exact) mass is 393 g/mol. The third-order valence-electron chi connectivity index (χ3n) is 4.58. The number of ether oxygens (including phenoxy) is 2. The quantitative estimate of drug-likeness (QED) is 0.646. The van der Waals surface area contributed by atoms with Gasteiger partial charge in [-0.2, -0.15) is 5.26 Å². The van der Waals surface area contributed by atoms with Crippen LogP contribution in [-0.2, 0) is 24.5 Å². The Labute approximate surface area is 172 Å². The fourth-order valence-electron chi connectivity index (χ4n) is 3.32. The number of hydrogen-bond donors (Lipinski definition) is 0. The SMILES string of the molecule is CC(=O)OC[C@](C#N)(c1ccccc1)[C@H](CC(=O)OC(C)(C)C)c1ccccc1. The van der Waals surface area contributed by atoms with Crippen LogP contribution in [0.1, 0.15) is 51.2 Å². The molecule has 0 amide bonds. The van der Waals surface area contributed by atoms with Crippen LogP contribution in [-0.4, -0.2) is 24.1 Å². The van der Waals surface area contributed by atoms with Crippen molar-refractivity contribution in [2.75, 3.05) is 6.61 Å². The molecule has 0 heterocycles. The lowest BCUT2D eigenvalue weighted by atomic mass is 9.67. The maximum absolute atomic E-state index is 12.7. The third-order valence-corrected chi connectivity index (χ3v) is 4.58. The van der Waals surface area contributed by atoms with Crippen LogP contribution in [0.5, 0.6) is 0 Å². The first kappa shape index (κ1) is 22.2. The lowest BCUT2D eigenvalue weighted by Crippen LogP contribution is -2.40. The van der Waals surface area contributed by atoms with Gasteiger partial charge in [-0.1, -0.05) is 60.7 Å². The van der Waals surface area contributed by atoms with E-state index in [1.807, 2.05) is 60.7 Å². The van der Waals surface area contributed by atoms with Gasteiger partial charge in [0.1, 0.15) is 17.6 Å². The zero-order chi connectivity index (χ0) is 21.5. The van der Waals surface area contributed by atoms with E-state index in [1.54, 1.807) is 20.8 Å². The second kappa shape index (κ2) is 9.38. The number of carbonyl (C=O) groups is 2. The molecule has 2 atom stereocenters. The van der Waals surface area contributed by atoms with E-state index < -0.39 is 28.9 Å². The Balaban J connectivity index is 2.58. The van der Waals surface area contributed by atoms with Crippen LogP contribution in [0.25, 0.3) is 0 Å². The molecule has 0 spiro atoms. The summed E-state index contributed by atoms with van der Waals surface area (Å²) in [6, 6.07) is 20.8. The van der Waals surface area contributed by atoms with Gasteiger partial charge in [0.05, 0.1) is 12.5 Å². The average Bonchev–Trinajstić information content (AvgIpc) is 2.68. The highest BCUT2D eigenvalue weighted by Crippen LogP contribution is 2.42. The van der Waals surface area contributed by atoms with Crippen molar-refractivity contribution >= 4 is 11.9 Å². The highest BCUT2D eigenvalue weighted by Gasteiger charge is 2.44. The van der Waals surface area contributed by atoms with E-state index in [4.69, 9.17) is 9.47 Å². The summed E-state index contributed by atoms with van der Waals surface area (Å²) in [6.07, 6.45) is -0.0228. The standard InChI is InChI=1S/C24H27NO4/c1-18(26)28-17-24(16-25,20-13-9-6-10-14-20)21(19-11-7-5-8-12-19)15-22(27)29-23(2,3)4/h5-14,21H,15,17H2,1-4H3/t21-,24-/m1/s1. The molecule has 29 heavy (non-hydrogen) atoms.